The number of aromatic nitrogens is 3. The van der Waals surface area contributed by atoms with Gasteiger partial charge in [-0.15, -0.1) is 0 Å². The van der Waals surface area contributed by atoms with E-state index in [-0.39, 0.29) is 12.5 Å². The first-order chi connectivity index (χ1) is 21.0. The Morgan fingerprint density at radius 2 is 1.86 bits per heavy atom. The molecule has 4 aromatic rings. The Kier molecular flexibility index (Phi) is 9.04. The maximum absolute atomic E-state index is 12.9. The highest BCUT2D eigenvalue weighted by atomic mass is 16.5. The Balaban J connectivity index is 1.18. The number of nitrogens with zero attached hydrogens (tertiary/aromatic N) is 5. The van der Waals surface area contributed by atoms with E-state index < -0.39 is 0 Å². The van der Waals surface area contributed by atoms with E-state index in [0.717, 1.165) is 80.1 Å². The van der Waals surface area contributed by atoms with Gasteiger partial charge in [0.15, 0.2) is 18.1 Å². The molecule has 0 spiro atoms. The standard InChI is InChI=1S/C33H41N7O3/c1-38-13-6-14-39(2)30(41)22-43-29-17-27(37-33-31-26(20-38)18-34-32(31)35-23-36-33)9-10-28(29)42-21-25-11-15-40(16-12-25)19-24-7-4-3-5-8-24/h3-5,7-10,17-18,23,25H,6,11-16,19-22H2,1-2H3,(H2,34,35,36,37). The summed E-state index contributed by atoms with van der Waals surface area (Å²) in [6.07, 6.45) is 6.59. The molecular formula is C33H41N7O3. The number of hydrogen-bond acceptors (Lipinski definition) is 8. The molecule has 10 heteroatoms. The van der Waals surface area contributed by atoms with Crippen LogP contribution in [-0.4, -0.2) is 89.0 Å². The Morgan fingerprint density at radius 3 is 2.70 bits per heavy atom. The molecule has 6 rings (SSSR count). The molecule has 1 fully saturated rings. The van der Waals surface area contributed by atoms with Crippen molar-refractivity contribution in [1.29, 1.82) is 0 Å². The van der Waals surface area contributed by atoms with Gasteiger partial charge in [0.2, 0.25) is 0 Å². The molecule has 0 unspecified atom stereocenters. The molecule has 2 aliphatic heterocycles. The lowest BCUT2D eigenvalue weighted by Crippen LogP contribution is -2.35. The molecule has 0 atom stereocenters. The van der Waals surface area contributed by atoms with Crippen molar-refractivity contribution < 1.29 is 14.3 Å². The topological polar surface area (TPSA) is 98.9 Å². The van der Waals surface area contributed by atoms with Crippen molar-refractivity contribution in [3.63, 3.8) is 0 Å². The summed E-state index contributed by atoms with van der Waals surface area (Å²) in [5, 5.41) is 4.43. The van der Waals surface area contributed by atoms with E-state index in [4.69, 9.17) is 9.47 Å². The van der Waals surface area contributed by atoms with Crippen LogP contribution in [0, 0.1) is 5.92 Å². The molecule has 2 N–H and O–H groups in total. The molecule has 2 aromatic heterocycles. The highest BCUT2D eigenvalue weighted by molar-refractivity contribution is 5.92. The van der Waals surface area contributed by atoms with Crippen LogP contribution in [0.15, 0.2) is 61.1 Å². The van der Waals surface area contributed by atoms with Gasteiger partial charge in [-0.1, -0.05) is 30.3 Å². The highest BCUT2D eigenvalue weighted by Gasteiger charge is 2.22. The molecular weight excluding hydrogens is 542 g/mol. The second kappa shape index (κ2) is 13.4. The number of anilines is 2. The fourth-order valence-corrected chi connectivity index (χ4v) is 5.88. The van der Waals surface area contributed by atoms with Crippen LogP contribution in [0.4, 0.5) is 11.5 Å². The van der Waals surface area contributed by atoms with E-state index in [1.165, 1.54) is 5.56 Å². The van der Waals surface area contributed by atoms with Crippen molar-refractivity contribution in [2.24, 2.45) is 5.92 Å². The van der Waals surface area contributed by atoms with Gasteiger partial charge in [0.25, 0.3) is 5.91 Å². The number of piperidine rings is 1. The molecule has 10 nitrogen and oxygen atoms in total. The predicted octanol–water partition coefficient (Wildman–Crippen LogP) is 4.67. The highest BCUT2D eigenvalue weighted by Crippen LogP contribution is 2.34. The van der Waals surface area contributed by atoms with E-state index in [2.05, 4.69) is 67.4 Å². The third-order valence-corrected chi connectivity index (χ3v) is 8.44. The first kappa shape index (κ1) is 28.9. The van der Waals surface area contributed by atoms with Crippen LogP contribution in [0.25, 0.3) is 11.0 Å². The Labute approximate surface area is 253 Å². The Morgan fingerprint density at radius 1 is 1.02 bits per heavy atom. The third-order valence-electron chi connectivity index (χ3n) is 8.44. The van der Waals surface area contributed by atoms with Crippen molar-refractivity contribution in [1.82, 2.24) is 29.7 Å². The molecule has 2 aliphatic rings. The number of likely N-dealkylation sites (tertiary alicyclic amines) is 1. The van der Waals surface area contributed by atoms with Crippen molar-refractivity contribution in [3.8, 4) is 11.5 Å². The van der Waals surface area contributed by atoms with Gasteiger partial charge < -0.3 is 29.6 Å². The molecule has 2 aromatic carbocycles. The van der Waals surface area contributed by atoms with Gasteiger partial charge in [-0.2, -0.15) is 0 Å². The monoisotopic (exact) mass is 583 g/mol. The van der Waals surface area contributed by atoms with Crippen molar-refractivity contribution >= 4 is 28.4 Å². The molecule has 1 saturated heterocycles. The van der Waals surface area contributed by atoms with Crippen LogP contribution in [-0.2, 0) is 17.9 Å². The molecule has 0 aliphatic carbocycles. The molecule has 0 radical (unpaired) electrons. The van der Waals surface area contributed by atoms with E-state index in [0.29, 0.717) is 30.6 Å². The van der Waals surface area contributed by atoms with Crippen molar-refractivity contribution in [2.75, 3.05) is 58.8 Å². The first-order valence-electron chi connectivity index (χ1n) is 15.2. The largest absolute Gasteiger partial charge is 0.489 e. The molecule has 1 amide bonds. The van der Waals surface area contributed by atoms with Gasteiger partial charge in [0, 0.05) is 44.6 Å². The Hall–Kier alpha value is -4.15. The molecule has 4 heterocycles. The third kappa shape index (κ3) is 7.26. The van der Waals surface area contributed by atoms with Crippen LogP contribution in [0.1, 0.15) is 30.4 Å². The van der Waals surface area contributed by atoms with Crippen LogP contribution in [0.5, 0.6) is 11.5 Å². The molecule has 2 bridgehead atoms. The smallest absolute Gasteiger partial charge is 0.260 e. The minimum absolute atomic E-state index is 0.0518. The quantitative estimate of drug-likeness (QED) is 0.350. The van der Waals surface area contributed by atoms with Gasteiger partial charge in [0.05, 0.1) is 12.0 Å². The summed E-state index contributed by atoms with van der Waals surface area (Å²) >= 11 is 0. The second-order valence-electron chi connectivity index (χ2n) is 11.8. The number of ether oxygens (including phenoxy) is 2. The number of amides is 1. The second-order valence-corrected chi connectivity index (χ2v) is 11.8. The first-order valence-corrected chi connectivity index (χ1v) is 15.2. The number of benzene rings is 2. The van der Waals surface area contributed by atoms with E-state index in [9.17, 15) is 4.79 Å². The lowest BCUT2D eigenvalue weighted by atomic mass is 9.97. The van der Waals surface area contributed by atoms with E-state index in [1.807, 2.05) is 31.4 Å². The van der Waals surface area contributed by atoms with E-state index >= 15 is 0 Å². The zero-order valence-electron chi connectivity index (χ0n) is 25.1. The van der Waals surface area contributed by atoms with Gasteiger partial charge in [-0.3, -0.25) is 9.69 Å². The molecule has 0 saturated carbocycles. The number of aromatic amines is 1. The average molecular weight is 584 g/mol. The summed E-state index contributed by atoms with van der Waals surface area (Å²) in [7, 11) is 3.92. The number of carbonyl (C=O) groups is 1. The molecule has 43 heavy (non-hydrogen) atoms. The zero-order chi connectivity index (χ0) is 29.6. The minimum Gasteiger partial charge on any atom is -0.489 e. The average Bonchev–Trinajstić information content (AvgIpc) is 3.43. The predicted molar refractivity (Wildman–Crippen MR) is 168 cm³/mol. The number of carbonyl (C=O) groups excluding carboxylic acids is 1. The van der Waals surface area contributed by atoms with E-state index in [1.54, 1.807) is 11.2 Å². The van der Waals surface area contributed by atoms with Crippen molar-refractivity contribution in [2.45, 2.75) is 32.4 Å². The normalized spacial score (nSPS) is 17.9. The van der Waals surface area contributed by atoms with Gasteiger partial charge in [-0.25, -0.2) is 9.97 Å². The number of rotatable bonds is 5. The number of nitrogens with one attached hydrogen (secondary N) is 2. The van der Waals surface area contributed by atoms with Crippen molar-refractivity contribution in [3.05, 3.63) is 72.2 Å². The summed E-state index contributed by atoms with van der Waals surface area (Å²) in [6.45, 7) is 5.91. The van der Waals surface area contributed by atoms with Crippen LogP contribution in [0.2, 0.25) is 0 Å². The maximum atomic E-state index is 12.9. The minimum atomic E-state index is -0.0599. The molecule has 226 valence electrons. The lowest BCUT2D eigenvalue weighted by molar-refractivity contribution is -0.132. The van der Waals surface area contributed by atoms with Crippen LogP contribution in [0.3, 0.4) is 0 Å². The van der Waals surface area contributed by atoms with Crippen LogP contribution < -0.4 is 14.8 Å². The number of hydrogen-bond donors (Lipinski definition) is 2. The summed E-state index contributed by atoms with van der Waals surface area (Å²) in [4.78, 5) is 31.7. The number of likely N-dealkylation sites (N-methyl/N-ethyl adjacent to an activating group) is 1. The number of fused-ring (bicyclic) bond motifs is 2. The SMILES string of the molecule is CN1CCCN(C)C(=O)COc2cc(ccc2OCC2CCN(Cc3ccccc3)CC2)Nc2ncnc3[nH]cc(c23)C1. The Bertz CT molecular complexity index is 1520. The van der Waals surface area contributed by atoms with Gasteiger partial charge >= 0.3 is 0 Å². The lowest BCUT2D eigenvalue weighted by Gasteiger charge is -2.32. The number of H-pyrrole nitrogens is 1. The van der Waals surface area contributed by atoms with Crippen LogP contribution >= 0.6 is 0 Å². The summed E-state index contributed by atoms with van der Waals surface area (Å²) in [6, 6.07) is 16.4. The van der Waals surface area contributed by atoms with Gasteiger partial charge in [0.1, 0.15) is 17.8 Å². The maximum Gasteiger partial charge on any atom is 0.260 e. The summed E-state index contributed by atoms with van der Waals surface area (Å²) < 4.78 is 12.5. The van der Waals surface area contributed by atoms with Gasteiger partial charge in [-0.05, 0) is 75.1 Å². The summed E-state index contributed by atoms with van der Waals surface area (Å²) in [5.74, 6) is 2.32. The fourth-order valence-electron chi connectivity index (χ4n) is 5.88. The fraction of sp³-hybridized carbons (Fsp3) is 0.424. The zero-order valence-corrected chi connectivity index (χ0v) is 25.1. The summed E-state index contributed by atoms with van der Waals surface area (Å²) in [5.41, 5.74) is 4.06.